The highest BCUT2D eigenvalue weighted by molar-refractivity contribution is 5.79. The number of ether oxygens (including phenoxy) is 1. The van der Waals surface area contributed by atoms with Crippen LogP contribution in [0, 0.1) is 5.41 Å². The summed E-state index contributed by atoms with van der Waals surface area (Å²) in [6, 6.07) is 8.66. The summed E-state index contributed by atoms with van der Waals surface area (Å²) in [7, 11) is 1.78. The van der Waals surface area contributed by atoms with Crippen molar-refractivity contribution in [2.24, 2.45) is 10.4 Å². The zero-order chi connectivity index (χ0) is 18.2. The van der Waals surface area contributed by atoms with Crippen LogP contribution in [0.25, 0.3) is 0 Å². The number of hydrogen-bond donors (Lipinski definition) is 3. The topological polar surface area (TPSA) is 69.1 Å². The molecule has 0 amide bonds. The summed E-state index contributed by atoms with van der Waals surface area (Å²) in [5, 5.41) is 16.1. The zero-order valence-electron chi connectivity index (χ0n) is 15.6. The predicted octanol–water partition coefficient (Wildman–Crippen LogP) is 1.52. The molecule has 1 aromatic rings. The van der Waals surface area contributed by atoms with Gasteiger partial charge in [0.15, 0.2) is 5.96 Å². The zero-order valence-corrected chi connectivity index (χ0v) is 15.6. The molecule has 3 N–H and O–H groups in total. The van der Waals surface area contributed by atoms with Crippen molar-refractivity contribution in [3.63, 3.8) is 0 Å². The van der Waals surface area contributed by atoms with Crippen molar-refractivity contribution in [3.05, 3.63) is 42.0 Å². The third kappa shape index (κ3) is 4.77. The molecule has 6 nitrogen and oxygen atoms in total. The minimum absolute atomic E-state index is 0.0117. The Bertz CT molecular complexity index is 613. The van der Waals surface area contributed by atoms with Gasteiger partial charge in [-0.05, 0) is 30.5 Å². The number of aliphatic imine (C=N–C) groups is 1. The molecule has 3 rings (SSSR count). The highest BCUT2D eigenvalue weighted by atomic mass is 16.5. The van der Waals surface area contributed by atoms with Crippen molar-refractivity contribution >= 4 is 11.6 Å². The van der Waals surface area contributed by atoms with Gasteiger partial charge in [-0.1, -0.05) is 24.3 Å². The van der Waals surface area contributed by atoms with Gasteiger partial charge in [0.2, 0.25) is 0 Å². The Kier molecular flexibility index (Phi) is 6.52. The molecule has 2 aliphatic rings. The maximum Gasteiger partial charge on any atom is 0.191 e. The van der Waals surface area contributed by atoms with Crippen molar-refractivity contribution in [2.45, 2.75) is 19.4 Å². The fourth-order valence-corrected chi connectivity index (χ4v) is 3.50. The highest BCUT2D eigenvalue weighted by Gasteiger charge is 2.34. The molecule has 2 heterocycles. The minimum Gasteiger partial charge on any atom is -0.396 e. The van der Waals surface area contributed by atoms with Crippen molar-refractivity contribution in [3.8, 4) is 0 Å². The molecule has 1 atom stereocenters. The lowest BCUT2D eigenvalue weighted by molar-refractivity contribution is 0.127. The molecule has 1 aromatic carbocycles. The summed E-state index contributed by atoms with van der Waals surface area (Å²) < 4.78 is 5.54. The van der Waals surface area contributed by atoms with Crippen LogP contribution in [0.3, 0.4) is 0 Å². The summed E-state index contributed by atoms with van der Waals surface area (Å²) in [4.78, 5) is 6.65. The Morgan fingerprint density at radius 2 is 2.00 bits per heavy atom. The van der Waals surface area contributed by atoms with Gasteiger partial charge in [0.25, 0.3) is 0 Å². The van der Waals surface area contributed by atoms with E-state index in [-0.39, 0.29) is 12.0 Å². The number of aliphatic hydroxyl groups is 1. The minimum atomic E-state index is 0.0117. The van der Waals surface area contributed by atoms with E-state index in [0.717, 1.165) is 51.6 Å². The molecule has 26 heavy (non-hydrogen) atoms. The first-order valence-corrected chi connectivity index (χ1v) is 9.37. The molecule has 2 aliphatic heterocycles. The molecule has 1 saturated heterocycles. The van der Waals surface area contributed by atoms with Crippen molar-refractivity contribution in [2.75, 3.05) is 51.4 Å². The Hall–Kier alpha value is -2.05. The summed E-state index contributed by atoms with van der Waals surface area (Å²) >= 11 is 0. The quantitative estimate of drug-likeness (QED) is 0.392. The van der Waals surface area contributed by atoms with Gasteiger partial charge in [0, 0.05) is 57.5 Å². The number of benzene rings is 1. The van der Waals surface area contributed by atoms with E-state index in [2.05, 4.69) is 56.9 Å². The van der Waals surface area contributed by atoms with Gasteiger partial charge < -0.3 is 25.4 Å². The number of rotatable bonds is 7. The standard InChI is InChI=1S/C20H30N4O2/c1-21-19(23-15-20(8-12-25)9-13-26-16-20)22-14-17-4-6-18(7-5-17)24-10-2-3-11-24/h2-7,25H,8-16H2,1H3,(H2,21,22,23). The van der Waals surface area contributed by atoms with Gasteiger partial charge in [-0.25, -0.2) is 0 Å². The number of anilines is 1. The van der Waals surface area contributed by atoms with Crippen LogP contribution in [0.2, 0.25) is 0 Å². The first-order chi connectivity index (χ1) is 12.7. The summed E-state index contributed by atoms with van der Waals surface area (Å²) in [6.45, 7) is 5.13. The number of nitrogens with zero attached hydrogens (tertiary/aromatic N) is 2. The molecule has 142 valence electrons. The third-order valence-electron chi connectivity index (χ3n) is 5.26. The van der Waals surface area contributed by atoms with Crippen LogP contribution in [0.15, 0.2) is 41.4 Å². The van der Waals surface area contributed by atoms with Gasteiger partial charge in [-0.3, -0.25) is 4.99 Å². The van der Waals surface area contributed by atoms with Gasteiger partial charge in [-0.15, -0.1) is 0 Å². The number of guanidine groups is 1. The fraction of sp³-hybridized carbons (Fsp3) is 0.550. The van der Waals surface area contributed by atoms with Crippen LogP contribution in [-0.4, -0.2) is 57.6 Å². The first kappa shape index (κ1) is 18.7. The van der Waals surface area contributed by atoms with Crippen LogP contribution in [-0.2, 0) is 11.3 Å². The fourth-order valence-electron chi connectivity index (χ4n) is 3.50. The van der Waals surface area contributed by atoms with Gasteiger partial charge in [-0.2, -0.15) is 0 Å². The third-order valence-corrected chi connectivity index (χ3v) is 5.26. The van der Waals surface area contributed by atoms with Crippen LogP contribution in [0.4, 0.5) is 5.69 Å². The molecule has 0 aliphatic carbocycles. The van der Waals surface area contributed by atoms with Gasteiger partial charge >= 0.3 is 0 Å². The molecule has 0 bridgehead atoms. The molecular weight excluding hydrogens is 328 g/mol. The van der Waals surface area contributed by atoms with Crippen LogP contribution in [0.5, 0.6) is 0 Å². The van der Waals surface area contributed by atoms with Crippen LogP contribution < -0.4 is 15.5 Å². The number of nitrogens with one attached hydrogen (secondary N) is 2. The van der Waals surface area contributed by atoms with E-state index in [1.807, 2.05) is 0 Å². The maximum absolute atomic E-state index is 9.33. The lowest BCUT2D eigenvalue weighted by atomic mass is 9.84. The van der Waals surface area contributed by atoms with E-state index in [0.29, 0.717) is 6.61 Å². The second kappa shape index (κ2) is 9.05. The van der Waals surface area contributed by atoms with Crippen LogP contribution >= 0.6 is 0 Å². The summed E-state index contributed by atoms with van der Waals surface area (Å²) in [6.07, 6.45) is 6.13. The van der Waals surface area contributed by atoms with Gasteiger partial charge in [0.1, 0.15) is 0 Å². The number of aliphatic hydroxyl groups excluding tert-OH is 1. The summed E-state index contributed by atoms with van der Waals surface area (Å²) in [5.41, 5.74) is 2.49. The predicted molar refractivity (Wildman–Crippen MR) is 106 cm³/mol. The van der Waals surface area contributed by atoms with Crippen molar-refractivity contribution in [1.82, 2.24) is 10.6 Å². The van der Waals surface area contributed by atoms with E-state index in [4.69, 9.17) is 4.74 Å². The SMILES string of the molecule is CN=C(NCc1ccc(N2CC=CC2)cc1)NCC1(CCO)CCOC1. The number of hydrogen-bond acceptors (Lipinski definition) is 4. The molecule has 6 heteroatoms. The largest absolute Gasteiger partial charge is 0.396 e. The molecule has 1 fully saturated rings. The molecule has 0 saturated carbocycles. The highest BCUT2D eigenvalue weighted by Crippen LogP contribution is 2.31. The van der Waals surface area contributed by atoms with E-state index in [1.54, 1.807) is 7.05 Å². The Labute approximate surface area is 156 Å². The smallest absolute Gasteiger partial charge is 0.191 e. The monoisotopic (exact) mass is 358 g/mol. The first-order valence-electron chi connectivity index (χ1n) is 9.37. The van der Waals surface area contributed by atoms with E-state index in [1.165, 1.54) is 11.3 Å². The van der Waals surface area contributed by atoms with E-state index < -0.39 is 0 Å². The summed E-state index contributed by atoms with van der Waals surface area (Å²) in [5.74, 6) is 0.780. The van der Waals surface area contributed by atoms with E-state index >= 15 is 0 Å². The van der Waals surface area contributed by atoms with Crippen LogP contribution in [0.1, 0.15) is 18.4 Å². The van der Waals surface area contributed by atoms with Crippen molar-refractivity contribution < 1.29 is 9.84 Å². The molecule has 0 radical (unpaired) electrons. The second-order valence-corrected chi connectivity index (χ2v) is 7.10. The second-order valence-electron chi connectivity index (χ2n) is 7.10. The maximum atomic E-state index is 9.33. The molecular formula is C20H30N4O2. The lowest BCUT2D eigenvalue weighted by Gasteiger charge is -2.27. The average molecular weight is 358 g/mol. The van der Waals surface area contributed by atoms with E-state index in [9.17, 15) is 5.11 Å². The molecule has 0 aromatic heterocycles. The van der Waals surface area contributed by atoms with Crippen molar-refractivity contribution in [1.29, 1.82) is 0 Å². The van der Waals surface area contributed by atoms with Gasteiger partial charge in [0.05, 0.1) is 6.61 Å². The lowest BCUT2D eigenvalue weighted by Crippen LogP contribution is -2.44. The Morgan fingerprint density at radius 1 is 1.23 bits per heavy atom. The Balaban J connectivity index is 1.47. The molecule has 0 spiro atoms. The normalized spacial score (nSPS) is 22.8. The average Bonchev–Trinajstić information content (AvgIpc) is 3.35. The molecule has 1 unspecified atom stereocenters. The Morgan fingerprint density at radius 3 is 2.62 bits per heavy atom.